The van der Waals surface area contributed by atoms with Crippen LogP contribution in [0.15, 0.2) is 58.3 Å². The maximum absolute atomic E-state index is 13.5. The van der Waals surface area contributed by atoms with Crippen LogP contribution in [0.3, 0.4) is 0 Å². The second-order valence-corrected chi connectivity index (χ2v) is 6.70. The van der Waals surface area contributed by atoms with Gasteiger partial charge in [0.05, 0.1) is 0 Å². The fraction of sp³-hybridized carbons (Fsp3) is 0.200. The monoisotopic (exact) mass is 276 g/mol. The van der Waals surface area contributed by atoms with Crippen LogP contribution < -0.4 is 0 Å². The summed E-state index contributed by atoms with van der Waals surface area (Å²) in [5.41, 5.74) is 1.43. The lowest BCUT2D eigenvalue weighted by molar-refractivity contribution is 0.602. The first-order valence-electron chi connectivity index (χ1n) is 5.95. The van der Waals surface area contributed by atoms with Gasteiger partial charge in [-0.05, 0) is 30.2 Å². The molecule has 2 aromatic rings. The van der Waals surface area contributed by atoms with Crippen molar-refractivity contribution in [2.75, 3.05) is 5.75 Å². The quantitative estimate of drug-likeness (QED) is 0.749. The zero-order valence-electron chi connectivity index (χ0n) is 9.80. The van der Waals surface area contributed by atoms with Crippen LogP contribution in [0.1, 0.15) is 5.56 Å². The predicted molar refractivity (Wildman–Crippen MR) is 76.9 cm³/mol. The average Bonchev–Trinajstić information content (AvgIpc) is 2.80. The summed E-state index contributed by atoms with van der Waals surface area (Å²) in [6, 6.07) is 15.5. The van der Waals surface area contributed by atoms with Crippen LogP contribution in [0.4, 0.5) is 4.39 Å². The summed E-state index contributed by atoms with van der Waals surface area (Å²) in [6.45, 7) is 0. The molecule has 1 unspecified atom stereocenters. The van der Waals surface area contributed by atoms with Crippen LogP contribution in [0.2, 0.25) is 0 Å². The molecule has 0 N–H and O–H groups in total. The van der Waals surface area contributed by atoms with Gasteiger partial charge < -0.3 is 0 Å². The Morgan fingerprint density at radius 3 is 2.72 bits per heavy atom. The molecule has 3 heteroatoms. The molecule has 1 atom stereocenters. The molecule has 0 aromatic heterocycles. The van der Waals surface area contributed by atoms with Crippen molar-refractivity contribution in [2.45, 2.75) is 21.5 Å². The van der Waals surface area contributed by atoms with Crippen LogP contribution in [-0.4, -0.2) is 11.0 Å². The van der Waals surface area contributed by atoms with E-state index in [0.29, 0.717) is 5.25 Å². The number of rotatable bonds is 3. The fourth-order valence-electron chi connectivity index (χ4n) is 2.09. The standard InChI is InChI=1S/C15H13FS2/c16-13-6-2-4-8-15(13)17-10-12-9-11-5-1-3-7-14(11)18-12/h1-8,12H,9-10H2. The summed E-state index contributed by atoms with van der Waals surface area (Å²) in [7, 11) is 0. The Hall–Kier alpha value is -0.930. The van der Waals surface area contributed by atoms with Gasteiger partial charge in [0.25, 0.3) is 0 Å². The molecule has 1 aliphatic heterocycles. The Kier molecular flexibility index (Phi) is 3.62. The van der Waals surface area contributed by atoms with E-state index in [-0.39, 0.29) is 5.82 Å². The molecule has 0 radical (unpaired) electrons. The lowest BCUT2D eigenvalue weighted by atomic mass is 10.1. The first-order valence-corrected chi connectivity index (χ1v) is 7.81. The van der Waals surface area contributed by atoms with Gasteiger partial charge in [0.1, 0.15) is 5.82 Å². The van der Waals surface area contributed by atoms with Gasteiger partial charge in [-0.15, -0.1) is 23.5 Å². The van der Waals surface area contributed by atoms with E-state index in [1.165, 1.54) is 16.5 Å². The highest BCUT2D eigenvalue weighted by Crippen LogP contribution is 2.39. The minimum Gasteiger partial charge on any atom is -0.206 e. The van der Waals surface area contributed by atoms with Crippen molar-refractivity contribution >= 4 is 23.5 Å². The Balaban J connectivity index is 1.62. The van der Waals surface area contributed by atoms with Gasteiger partial charge in [-0.1, -0.05) is 30.3 Å². The molecular formula is C15H13FS2. The molecule has 0 aliphatic carbocycles. The van der Waals surface area contributed by atoms with Gasteiger partial charge in [-0.2, -0.15) is 0 Å². The summed E-state index contributed by atoms with van der Waals surface area (Å²) in [6.07, 6.45) is 1.10. The number of hydrogen-bond acceptors (Lipinski definition) is 2. The molecule has 0 bridgehead atoms. The van der Waals surface area contributed by atoms with Crippen molar-refractivity contribution < 1.29 is 4.39 Å². The van der Waals surface area contributed by atoms with Gasteiger partial charge >= 0.3 is 0 Å². The molecule has 0 nitrogen and oxygen atoms in total. The highest BCUT2D eigenvalue weighted by Gasteiger charge is 2.21. The molecule has 92 valence electrons. The summed E-state index contributed by atoms with van der Waals surface area (Å²) >= 11 is 3.54. The van der Waals surface area contributed by atoms with E-state index in [0.717, 1.165) is 17.1 Å². The van der Waals surface area contributed by atoms with Crippen LogP contribution in [0.5, 0.6) is 0 Å². The number of thioether (sulfide) groups is 2. The van der Waals surface area contributed by atoms with E-state index in [2.05, 4.69) is 24.3 Å². The number of fused-ring (bicyclic) bond motifs is 1. The average molecular weight is 276 g/mol. The van der Waals surface area contributed by atoms with Crippen LogP contribution in [0, 0.1) is 5.82 Å². The molecular weight excluding hydrogens is 263 g/mol. The fourth-order valence-corrected chi connectivity index (χ4v) is 4.51. The zero-order valence-corrected chi connectivity index (χ0v) is 11.4. The molecule has 0 amide bonds. The topological polar surface area (TPSA) is 0 Å². The lowest BCUT2D eigenvalue weighted by Crippen LogP contribution is -2.04. The third-order valence-electron chi connectivity index (χ3n) is 2.98. The maximum Gasteiger partial charge on any atom is 0.136 e. The molecule has 0 saturated heterocycles. The van der Waals surface area contributed by atoms with Crippen molar-refractivity contribution in [2.24, 2.45) is 0 Å². The van der Waals surface area contributed by atoms with E-state index in [1.54, 1.807) is 17.8 Å². The summed E-state index contributed by atoms with van der Waals surface area (Å²) in [4.78, 5) is 2.14. The molecule has 3 rings (SSSR count). The van der Waals surface area contributed by atoms with Gasteiger partial charge in [0, 0.05) is 20.8 Å². The summed E-state index contributed by atoms with van der Waals surface area (Å²) in [5, 5.41) is 0.562. The minimum atomic E-state index is -0.108. The largest absolute Gasteiger partial charge is 0.206 e. The Morgan fingerprint density at radius 2 is 1.89 bits per heavy atom. The van der Waals surface area contributed by atoms with Crippen LogP contribution >= 0.6 is 23.5 Å². The first kappa shape index (κ1) is 12.1. The molecule has 1 heterocycles. The van der Waals surface area contributed by atoms with E-state index in [4.69, 9.17) is 0 Å². The van der Waals surface area contributed by atoms with Crippen molar-refractivity contribution in [3.8, 4) is 0 Å². The summed E-state index contributed by atoms with van der Waals surface area (Å²) in [5.74, 6) is 0.850. The van der Waals surface area contributed by atoms with Crippen LogP contribution in [-0.2, 0) is 6.42 Å². The number of benzene rings is 2. The maximum atomic E-state index is 13.5. The van der Waals surface area contributed by atoms with Crippen LogP contribution in [0.25, 0.3) is 0 Å². The Morgan fingerprint density at radius 1 is 1.11 bits per heavy atom. The van der Waals surface area contributed by atoms with Gasteiger partial charge in [-0.25, -0.2) is 4.39 Å². The van der Waals surface area contributed by atoms with E-state index >= 15 is 0 Å². The normalized spacial score (nSPS) is 17.7. The molecule has 18 heavy (non-hydrogen) atoms. The highest BCUT2D eigenvalue weighted by molar-refractivity contribution is 8.03. The number of hydrogen-bond donors (Lipinski definition) is 0. The molecule has 0 spiro atoms. The molecule has 0 saturated carbocycles. The van der Waals surface area contributed by atoms with Gasteiger partial charge in [-0.3, -0.25) is 0 Å². The number of halogens is 1. The molecule has 0 fully saturated rings. The van der Waals surface area contributed by atoms with Crippen molar-refractivity contribution in [1.82, 2.24) is 0 Å². The van der Waals surface area contributed by atoms with E-state index in [1.807, 2.05) is 23.9 Å². The van der Waals surface area contributed by atoms with Crippen molar-refractivity contribution in [3.05, 3.63) is 59.9 Å². The smallest absolute Gasteiger partial charge is 0.136 e. The third-order valence-corrected chi connectivity index (χ3v) is 5.72. The van der Waals surface area contributed by atoms with Gasteiger partial charge in [0.15, 0.2) is 0 Å². The third kappa shape index (κ3) is 2.57. The Labute approximate surface area is 115 Å². The summed E-state index contributed by atoms with van der Waals surface area (Å²) < 4.78 is 13.5. The molecule has 2 aromatic carbocycles. The molecule has 1 aliphatic rings. The minimum absolute atomic E-state index is 0.108. The second kappa shape index (κ2) is 5.37. The second-order valence-electron chi connectivity index (χ2n) is 4.29. The van der Waals surface area contributed by atoms with Gasteiger partial charge in [0.2, 0.25) is 0 Å². The van der Waals surface area contributed by atoms with E-state index in [9.17, 15) is 4.39 Å². The van der Waals surface area contributed by atoms with E-state index < -0.39 is 0 Å². The zero-order chi connectivity index (χ0) is 12.4. The Bertz CT molecular complexity index is 529. The van der Waals surface area contributed by atoms with Crippen molar-refractivity contribution in [3.63, 3.8) is 0 Å². The predicted octanol–water partition coefficient (Wildman–Crippen LogP) is 4.63. The SMILES string of the molecule is Fc1ccccc1SCC1Cc2ccccc2S1. The first-order chi connectivity index (χ1) is 8.83. The lowest BCUT2D eigenvalue weighted by Gasteiger charge is -2.08. The van der Waals surface area contributed by atoms with Crippen molar-refractivity contribution in [1.29, 1.82) is 0 Å². The highest BCUT2D eigenvalue weighted by atomic mass is 32.2.